The first-order chi connectivity index (χ1) is 26.0. The number of nitrogens with one attached hydrogen (secondary N) is 2. The van der Waals surface area contributed by atoms with Gasteiger partial charge in [0.25, 0.3) is 0 Å². The molecule has 2 unspecified atom stereocenters. The molecule has 2 aliphatic rings. The summed E-state index contributed by atoms with van der Waals surface area (Å²) in [7, 11) is 3.28. The van der Waals surface area contributed by atoms with Crippen LogP contribution in [0.25, 0.3) is 0 Å². The van der Waals surface area contributed by atoms with Crippen molar-refractivity contribution in [1.29, 1.82) is 0 Å². The Morgan fingerprint density at radius 1 is 0.709 bits per heavy atom. The standard InChI is InChI=1S/C38H43F9N6O2/c1-48-18-29-15-32(54-20-24-5-7-27(39)8-6-24)53(51-29)23-36(38(45,46)47)12-9-25(17-36)31-14-28(40)13-26(34(31)41)21-55-33-16-30(19-49-2)50-52(33)22-35(37(42,43)44)10-3-4-11-35/h5-8,13-16,25,48-49H,3-4,9-12,17-23H2,1-2H3. The largest absolute Gasteiger partial charge is 0.473 e. The molecule has 2 aromatic heterocycles. The van der Waals surface area contributed by atoms with Crippen LogP contribution in [0.4, 0.5) is 39.5 Å². The van der Waals surface area contributed by atoms with Crippen LogP contribution >= 0.6 is 0 Å². The lowest BCUT2D eigenvalue weighted by Crippen LogP contribution is -2.40. The zero-order valence-corrected chi connectivity index (χ0v) is 30.4. The highest BCUT2D eigenvalue weighted by atomic mass is 19.4. The molecule has 0 spiro atoms. The molecule has 55 heavy (non-hydrogen) atoms. The maximum absolute atomic E-state index is 16.2. The molecule has 2 saturated carbocycles. The molecule has 0 saturated heterocycles. The highest BCUT2D eigenvalue weighted by Gasteiger charge is 2.59. The van der Waals surface area contributed by atoms with E-state index in [1.165, 1.54) is 36.4 Å². The third-order valence-electron chi connectivity index (χ3n) is 10.8. The lowest BCUT2D eigenvalue weighted by molar-refractivity contribution is -0.228. The van der Waals surface area contributed by atoms with Gasteiger partial charge < -0.3 is 20.1 Å². The summed E-state index contributed by atoms with van der Waals surface area (Å²) in [4.78, 5) is 0. The summed E-state index contributed by atoms with van der Waals surface area (Å²) in [6.45, 7) is -1.39. The molecule has 300 valence electrons. The lowest BCUT2D eigenvalue weighted by Gasteiger charge is -2.32. The van der Waals surface area contributed by atoms with Crippen LogP contribution in [0.5, 0.6) is 11.8 Å². The summed E-state index contributed by atoms with van der Waals surface area (Å²) in [6, 6.07) is 10.2. The van der Waals surface area contributed by atoms with Crippen molar-refractivity contribution in [2.75, 3.05) is 14.1 Å². The van der Waals surface area contributed by atoms with E-state index in [9.17, 15) is 17.6 Å². The molecule has 2 aliphatic carbocycles. The lowest BCUT2D eigenvalue weighted by atomic mass is 9.83. The van der Waals surface area contributed by atoms with E-state index in [0.29, 0.717) is 29.8 Å². The Balaban J connectivity index is 1.23. The van der Waals surface area contributed by atoms with E-state index >= 15 is 22.0 Å². The molecule has 2 atom stereocenters. The van der Waals surface area contributed by atoms with Crippen LogP contribution in [0.1, 0.15) is 78.9 Å². The van der Waals surface area contributed by atoms with Crippen molar-refractivity contribution in [1.82, 2.24) is 30.2 Å². The second kappa shape index (κ2) is 16.1. The van der Waals surface area contributed by atoms with E-state index in [0.717, 1.165) is 21.5 Å². The van der Waals surface area contributed by atoms with Gasteiger partial charge in [0.05, 0.1) is 35.3 Å². The van der Waals surface area contributed by atoms with Crippen molar-refractivity contribution in [3.63, 3.8) is 0 Å². The van der Waals surface area contributed by atoms with Gasteiger partial charge in [0, 0.05) is 30.8 Å². The van der Waals surface area contributed by atoms with Gasteiger partial charge in [0.15, 0.2) is 0 Å². The maximum Gasteiger partial charge on any atom is 0.396 e. The number of hydrogen-bond donors (Lipinski definition) is 2. The third-order valence-corrected chi connectivity index (χ3v) is 10.8. The molecular formula is C38H43F9N6O2. The van der Waals surface area contributed by atoms with Crippen molar-refractivity contribution in [2.45, 2.75) is 103 Å². The van der Waals surface area contributed by atoms with Gasteiger partial charge in [-0.2, -0.15) is 36.5 Å². The topological polar surface area (TPSA) is 78.2 Å². The van der Waals surface area contributed by atoms with Crippen molar-refractivity contribution in [3.05, 3.63) is 94.1 Å². The summed E-state index contributed by atoms with van der Waals surface area (Å²) >= 11 is 0. The fraction of sp³-hybridized carbons (Fsp3) is 0.526. The Morgan fingerprint density at radius 2 is 1.25 bits per heavy atom. The second-order valence-electron chi connectivity index (χ2n) is 14.7. The Kier molecular flexibility index (Phi) is 11.8. The van der Waals surface area contributed by atoms with Gasteiger partial charge in [-0.25, -0.2) is 22.5 Å². The molecule has 2 fully saturated rings. The van der Waals surface area contributed by atoms with Crippen LogP contribution in [0.15, 0.2) is 48.5 Å². The fourth-order valence-electron chi connectivity index (χ4n) is 7.89. The van der Waals surface area contributed by atoms with Crippen LogP contribution in [0, 0.1) is 28.3 Å². The molecule has 0 amide bonds. The highest BCUT2D eigenvalue weighted by Crippen LogP contribution is 2.57. The normalized spacial score (nSPS) is 20.0. The smallest absolute Gasteiger partial charge is 0.396 e. The number of benzene rings is 2. The number of alkyl halides is 6. The van der Waals surface area contributed by atoms with Crippen LogP contribution in [0.3, 0.4) is 0 Å². The van der Waals surface area contributed by atoms with Crippen molar-refractivity contribution < 1.29 is 49.0 Å². The Bertz CT molecular complexity index is 1920. The number of hydrogen-bond acceptors (Lipinski definition) is 6. The summed E-state index contributed by atoms with van der Waals surface area (Å²) in [5.74, 6) is -3.35. The highest BCUT2D eigenvalue weighted by molar-refractivity contribution is 5.32. The van der Waals surface area contributed by atoms with Crippen LogP contribution in [-0.4, -0.2) is 46.0 Å². The average Bonchev–Trinajstić information content (AvgIpc) is 3.93. The van der Waals surface area contributed by atoms with E-state index in [1.807, 2.05) is 0 Å². The molecular weight excluding hydrogens is 743 g/mol. The van der Waals surface area contributed by atoms with Crippen molar-refractivity contribution >= 4 is 0 Å². The minimum Gasteiger partial charge on any atom is -0.473 e. The van der Waals surface area contributed by atoms with Gasteiger partial charge in [-0.15, -0.1) is 0 Å². The first-order valence-corrected chi connectivity index (χ1v) is 18.1. The molecule has 6 rings (SSSR count). The summed E-state index contributed by atoms with van der Waals surface area (Å²) in [6.07, 6.45) is -9.72. The molecule has 2 heterocycles. The predicted octanol–water partition coefficient (Wildman–Crippen LogP) is 8.73. The molecule has 0 radical (unpaired) electrons. The fourth-order valence-corrected chi connectivity index (χ4v) is 7.89. The Hall–Kier alpha value is -4.25. The summed E-state index contributed by atoms with van der Waals surface area (Å²) < 4.78 is 147. The van der Waals surface area contributed by atoms with Gasteiger partial charge in [-0.1, -0.05) is 25.0 Å². The van der Waals surface area contributed by atoms with E-state index in [1.54, 1.807) is 14.1 Å². The minimum absolute atomic E-state index is 0.0595. The van der Waals surface area contributed by atoms with Crippen LogP contribution in [0.2, 0.25) is 0 Å². The van der Waals surface area contributed by atoms with E-state index in [2.05, 4.69) is 20.8 Å². The number of rotatable bonds is 15. The zero-order chi connectivity index (χ0) is 39.6. The van der Waals surface area contributed by atoms with Crippen LogP contribution < -0.4 is 20.1 Å². The van der Waals surface area contributed by atoms with Crippen molar-refractivity contribution in [2.24, 2.45) is 10.8 Å². The first kappa shape index (κ1) is 40.4. The van der Waals surface area contributed by atoms with Gasteiger partial charge >= 0.3 is 12.4 Å². The quantitative estimate of drug-likeness (QED) is 0.118. The molecule has 8 nitrogen and oxygen atoms in total. The molecule has 17 heteroatoms. The van der Waals surface area contributed by atoms with Gasteiger partial charge in [-0.05, 0) is 87.5 Å². The molecule has 2 aromatic carbocycles. The Labute approximate surface area is 312 Å². The molecule has 0 aliphatic heterocycles. The van der Waals surface area contributed by atoms with Gasteiger partial charge in [-0.3, -0.25) is 0 Å². The van der Waals surface area contributed by atoms with Gasteiger partial charge in [0.1, 0.15) is 30.7 Å². The van der Waals surface area contributed by atoms with E-state index in [-0.39, 0.29) is 61.8 Å². The Morgan fingerprint density at radius 3 is 1.80 bits per heavy atom. The van der Waals surface area contributed by atoms with Gasteiger partial charge in [0.2, 0.25) is 11.8 Å². The van der Waals surface area contributed by atoms with Crippen molar-refractivity contribution in [3.8, 4) is 11.8 Å². The average molecular weight is 787 g/mol. The number of aromatic nitrogens is 4. The second-order valence-corrected chi connectivity index (χ2v) is 14.7. The number of nitrogens with zero attached hydrogens (tertiary/aromatic N) is 4. The van der Waals surface area contributed by atoms with E-state index in [4.69, 9.17) is 9.47 Å². The van der Waals surface area contributed by atoms with Crippen LogP contribution in [-0.2, 0) is 39.4 Å². The minimum atomic E-state index is -4.77. The first-order valence-electron chi connectivity index (χ1n) is 18.1. The molecule has 0 bridgehead atoms. The predicted molar refractivity (Wildman–Crippen MR) is 183 cm³/mol. The summed E-state index contributed by atoms with van der Waals surface area (Å²) in [5.41, 5.74) is -3.57. The number of halogens is 9. The SMILES string of the molecule is CNCc1cc(OCc2cc(F)cc(C3CCC(Cn4nc(CNC)cc4OCc4ccc(F)cc4)(C(F)(F)F)C3)c2F)n(CC2(C(F)(F)F)CCCC2)n1. The maximum atomic E-state index is 16.2. The molecule has 4 aromatic rings. The molecule has 2 N–H and O–H groups in total. The monoisotopic (exact) mass is 786 g/mol. The third kappa shape index (κ3) is 8.77. The summed E-state index contributed by atoms with van der Waals surface area (Å²) in [5, 5.41) is 14.4. The zero-order valence-electron chi connectivity index (χ0n) is 30.4. The number of ether oxygens (including phenoxy) is 2. The van der Waals surface area contributed by atoms with E-state index < -0.39 is 79.1 Å².